The van der Waals surface area contributed by atoms with Crippen LogP contribution in [-0.4, -0.2) is 11.8 Å². The molecular weight excluding hydrogens is 397 g/mol. The van der Waals surface area contributed by atoms with Crippen molar-refractivity contribution in [1.82, 2.24) is 0 Å². The van der Waals surface area contributed by atoms with E-state index in [1.807, 2.05) is 43.3 Å². The number of furan rings is 1. The van der Waals surface area contributed by atoms with Gasteiger partial charge in [-0.15, -0.1) is 0 Å². The Hall–Kier alpha value is -2.56. The van der Waals surface area contributed by atoms with Crippen molar-refractivity contribution < 1.29 is 14.0 Å². The lowest BCUT2D eigenvalue weighted by molar-refractivity contribution is -0.125. The summed E-state index contributed by atoms with van der Waals surface area (Å²) in [5.41, 5.74) is -0.478. The van der Waals surface area contributed by atoms with Crippen LogP contribution < -0.4 is 4.90 Å². The Labute approximate surface area is 171 Å². The van der Waals surface area contributed by atoms with Gasteiger partial charge in [0.15, 0.2) is 0 Å². The summed E-state index contributed by atoms with van der Waals surface area (Å²) in [6.45, 7) is 1.83. The number of halogens is 2. The van der Waals surface area contributed by atoms with E-state index >= 15 is 0 Å². The molecule has 140 valence electrons. The summed E-state index contributed by atoms with van der Waals surface area (Å²) in [5.74, 6) is -0.484. The maximum atomic E-state index is 13.6. The average Bonchev–Trinajstić information content (AvgIpc) is 2.96. The van der Waals surface area contributed by atoms with Crippen molar-refractivity contribution in [2.75, 3.05) is 4.90 Å². The third-order valence-corrected chi connectivity index (χ3v) is 6.54. The first-order valence-corrected chi connectivity index (χ1v) is 9.62. The van der Waals surface area contributed by atoms with E-state index in [1.54, 1.807) is 30.5 Å². The summed E-state index contributed by atoms with van der Waals surface area (Å²) in [6.07, 6.45) is 1.57. The molecule has 1 saturated heterocycles. The van der Waals surface area contributed by atoms with E-state index in [0.717, 1.165) is 5.56 Å². The zero-order valence-corrected chi connectivity index (χ0v) is 16.4. The van der Waals surface area contributed by atoms with Crippen LogP contribution in [-0.2, 0) is 15.0 Å². The van der Waals surface area contributed by atoms with E-state index in [2.05, 4.69) is 0 Å². The van der Waals surface area contributed by atoms with Crippen molar-refractivity contribution in [2.45, 2.75) is 12.3 Å². The number of benzene rings is 2. The van der Waals surface area contributed by atoms with Crippen molar-refractivity contribution in [3.63, 3.8) is 0 Å². The molecule has 6 heteroatoms. The monoisotopic (exact) mass is 411 g/mol. The fourth-order valence-corrected chi connectivity index (χ4v) is 5.44. The van der Waals surface area contributed by atoms with Crippen LogP contribution in [0.4, 0.5) is 5.69 Å². The van der Waals surface area contributed by atoms with Crippen LogP contribution >= 0.6 is 23.2 Å². The van der Waals surface area contributed by atoms with Crippen molar-refractivity contribution in [3.05, 3.63) is 88.3 Å². The molecule has 2 amide bonds. The summed E-state index contributed by atoms with van der Waals surface area (Å²) < 4.78 is 5.73. The summed E-state index contributed by atoms with van der Waals surface area (Å²) in [7, 11) is 0. The molecule has 2 heterocycles. The summed E-state index contributed by atoms with van der Waals surface area (Å²) in [4.78, 5) is 28.2. The standard InChI is InChI=1S/C22H15Cl2NO3/c1-21-18(19(26)25(20(21)27)16-11-14(23)10-15(24)12-16)22(21,17-8-5-9-28-17)13-6-3-2-4-7-13/h2-12,18H,1H3. The molecule has 0 N–H and O–H groups in total. The highest BCUT2D eigenvalue weighted by molar-refractivity contribution is 6.36. The van der Waals surface area contributed by atoms with E-state index in [-0.39, 0.29) is 11.8 Å². The lowest BCUT2D eigenvalue weighted by Gasteiger charge is -2.27. The van der Waals surface area contributed by atoms with E-state index in [4.69, 9.17) is 27.6 Å². The molecule has 2 aliphatic rings. The minimum absolute atomic E-state index is 0.272. The number of imide groups is 1. The number of carbonyl (C=O) groups excluding carboxylic acids is 2. The number of nitrogens with zero attached hydrogens (tertiary/aromatic N) is 1. The Morgan fingerprint density at radius 1 is 0.964 bits per heavy atom. The minimum atomic E-state index is -0.946. The van der Waals surface area contributed by atoms with Gasteiger partial charge in [-0.3, -0.25) is 9.59 Å². The second-order valence-corrected chi connectivity index (χ2v) is 8.27. The molecule has 1 aliphatic carbocycles. The number of amides is 2. The molecule has 0 spiro atoms. The molecule has 0 radical (unpaired) electrons. The van der Waals surface area contributed by atoms with Gasteiger partial charge in [0, 0.05) is 10.0 Å². The zero-order valence-electron chi connectivity index (χ0n) is 14.9. The lowest BCUT2D eigenvalue weighted by atomic mass is 9.82. The zero-order chi connectivity index (χ0) is 19.7. The number of anilines is 1. The summed E-state index contributed by atoms with van der Waals surface area (Å²) in [6, 6.07) is 17.9. The Morgan fingerprint density at radius 2 is 1.64 bits per heavy atom. The highest BCUT2D eigenvalue weighted by Crippen LogP contribution is 2.76. The van der Waals surface area contributed by atoms with E-state index in [9.17, 15) is 9.59 Å². The highest BCUT2D eigenvalue weighted by atomic mass is 35.5. The second-order valence-electron chi connectivity index (χ2n) is 7.39. The van der Waals surface area contributed by atoms with Crippen LogP contribution in [0, 0.1) is 11.3 Å². The van der Waals surface area contributed by atoms with Gasteiger partial charge in [0.1, 0.15) is 5.76 Å². The largest absolute Gasteiger partial charge is 0.468 e. The fourth-order valence-electron chi connectivity index (χ4n) is 4.93. The summed E-state index contributed by atoms with van der Waals surface area (Å²) in [5, 5.41) is 0.739. The molecule has 28 heavy (non-hydrogen) atoms. The molecule has 2 fully saturated rings. The first kappa shape index (κ1) is 17.5. The van der Waals surface area contributed by atoms with Crippen LogP contribution in [0.2, 0.25) is 10.0 Å². The molecule has 1 aliphatic heterocycles. The third kappa shape index (κ3) is 1.97. The minimum Gasteiger partial charge on any atom is -0.468 e. The van der Waals surface area contributed by atoms with Gasteiger partial charge in [0.05, 0.1) is 28.7 Å². The quantitative estimate of drug-likeness (QED) is 0.564. The van der Waals surface area contributed by atoms with Crippen molar-refractivity contribution in [1.29, 1.82) is 0 Å². The smallest absolute Gasteiger partial charge is 0.241 e. The second kappa shape index (κ2) is 5.72. The Balaban J connectivity index is 1.67. The Kier molecular flexibility index (Phi) is 3.58. The van der Waals surface area contributed by atoms with Crippen molar-refractivity contribution in [2.24, 2.45) is 11.3 Å². The number of hydrogen-bond acceptors (Lipinski definition) is 3. The third-order valence-electron chi connectivity index (χ3n) is 6.11. The van der Waals surface area contributed by atoms with Gasteiger partial charge in [0.2, 0.25) is 11.8 Å². The van der Waals surface area contributed by atoms with Crippen molar-refractivity contribution >= 4 is 40.7 Å². The average molecular weight is 412 g/mol. The van der Waals surface area contributed by atoms with Gasteiger partial charge in [-0.2, -0.15) is 0 Å². The van der Waals surface area contributed by atoms with Crippen LogP contribution in [0.15, 0.2) is 71.3 Å². The topological polar surface area (TPSA) is 50.5 Å². The normalized spacial score (nSPS) is 28.5. The first-order chi connectivity index (χ1) is 13.4. The lowest BCUT2D eigenvalue weighted by Crippen LogP contribution is -2.42. The number of rotatable bonds is 3. The van der Waals surface area contributed by atoms with Gasteiger partial charge in [-0.1, -0.05) is 53.5 Å². The van der Waals surface area contributed by atoms with Gasteiger partial charge in [-0.25, -0.2) is 4.90 Å². The molecule has 3 aromatic rings. The van der Waals surface area contributed by atoms with Gasteiger partial charge in [0.25, 0.3) is 0 Å². The van der Waals surface area contributed by atoms with Crippen LogP contribution in [0.1, 0.15) is 18.2 Å². The SMILES string of the molecule is CC12C(=O)N(c3cc(Cl)cc(Cl)c3)C(=O)C1C2(c1ccccc1)c1ccco1. The van der Waals surface area contributed by atoms with Crippen molar-refractivity contribution in [3.8, 4) is 0 Å². The first-order valence-electron chi connectivity index (χ1n) is 8.86. The van der Waals surface area contributed by atoms with Gasteiger partial charge in [-0.05, 0) is 42.8 Å². The molecule has 4 nitrogen and oxygen atoms in total. The molecule has 3 unspecified atom stereocenters. The number of hydrogen-bond donors (Lipinski definition) is 0. The van der Waals surface area contributed by atoms with Crippen LogP contribution in [0.5, 0.6) is 0 Å². The van der Waals surface area contributed by atoms with Gasteiger partial charge >= 0.3 is 0 Å². The Morgan fingerprint density at radius 3 is 2.18 bits per heavy atom. The van der Waals surface area contributed by atoms with Crippen LogP contribution in [0.25, 0.3) is 0 Å². The van der Waals surface area contributed by atoms with Crippen LogP contribution in [0.3, 0.4) is 0 Å². The molecule has 3 atom stereocenters. The molecule has 0 bridgehead atoms. The molecule has 1 saturated carbocycles. The predicted octanol–water partition coefficient (Wildman–Crippen LogP) is 5.08. The predicted molar refractivity (Wildman–Crippen MR) is 106 cm³/mol. The molecular formula is C22H15Cl2NO3. The van der Waals surface area contributed by atoms with Gasteiger partial charge < -0.3 is 4.42 Å². The molecule has 2 aromatic carbocycles. The fraction of sp³-hybridized carbons (Fsp3) is 0.182. The maximum absolute atomic E-state index is 13.6. The van der Waals surface area contributed by atoms with E-state index < -0.39 is 16.7 Å². The molecule has 1 aromatic heterocycles. The summed E-state index contributed by atoms with van der Waals surface area (Å²) >= 11 is 12.2. The molecule has 5 rings (SSSR count). The van der Waals surface area contributed by atoms with E-state index in [1.165, 1.54) is 4.90 Å². The maximum Gasteiger partial charge on any atom is 0.241 e. The number of piperidine rings is 1. The highest BCUT2D eigenvalue weighted by Gasteiger charge is 2.88. The number of carbonyl (C=O) groups is 2. The van der Waals surface area contributed by atoms with E-state index in [0.29, 0.717) is 21.5 Å². The number of fused-ring (bicyclic) bond motifs is 1. The Bertz CT molecular complexity index is 1090.